The van der Waals surface area contributed by atoms with Crippen LogP contribution >= 0.6 is 23.4 Å². The number of nitrogens with one attached hydrogen (secondary N) is 1. The molecule has 1 aromatic carbocycles. The maximum atomic E-state index is 12.2. The molecule has 0 radical (unpaired) electrons. The highest BCUT2D eigenvalue weighted by Gasteiger charge is 2.17. The Hall–Kier alpha value is -1.52. The second-order valence-corrected chi connectivity index (χ2v) is 6.55. The smallest absolute Gasteiger partial charge is 0.233 e. The highest BCUT2D eigenvalue weighted by molar-refractivity contribution is 8.00. The van der Waals surface area contributed by atoms with Crippen LogP contribution in [0, 0.1) is 0 Å². The van der Waals surface area contributed by atoms with Gasteiger partial charge in [0.15, 0.2) is 0 Å². The third-order valence-corrected chi connectivity index (χ3v) is 4.35. The lowest BCUT2D eigenvalue weighted by molar-refractivity contribution is -0.120. The number of halogens is 1. The SMILES string of the molecule is CC(Sc1ccc(Cl)cc1)C(=O)NC(C)c1ccccn1. The first-order chi connectivity index (χ1) is 10.1. The summed E-state index contributed by atoms with van der Waals surface area (Å²) in [7, 11) is 0. The topological polar surface area (TPSA) is 42.0 Å². The average Bonchev–Trinajstić information content (AvgIpc) is 2.50. The van der Waals surface area contributed by atoms with Crippen LogP contribution in [0.2, 0.25) is 5.02 Å². The summed E-state index contributed by atoms with van der Waals surface area (Å²) < 4.78 is 0. The molecule has 0 bridgehead atoms. The zero-order valence-corrected chi connectivity index (χ0v) is 13.5. The van der Waals surface area contributed by atoms with Gasteiger partial charge in [0.25, 0.3) is 0 Å². The van der Waals surface area contributed by atoms with Gasteiger partial charge < -0.3 is 5.32 Å². The Bertz CT molecular complexity index is 589. The van der Waals surface area contributed by atoms with Crippen LogP contribution in [0.15, 0.2) is 53.6 Å². The van der Waals surface area contributed by atoms with Crippen molar-refractivity contribution < 1.29 is 4.79 Å². The van der Waals surface area contributed by atoms with E-state index in [9.17, 15) is 4.79 Å². The van der Waals surface area contributed by atoms with E-state index in [1.165, 1.54) is 11.8 Å². The van der Waals surface area contributed by atoms with Gasteiger partial charge in [0.1, 0.15) is 0 Å². The summed E-state index contributed by atoms with van der Waals surface area (Å²) in [6, 6.07) is 13.1. The number of thioether (sulfide) groups is 1. The van der Waals surface area contributed by atoms with E-state index in [0.717, 1.165) is 10.6 Å². The van der Waals surface area contributed by atoms with Crippen LogP contribution in [-0.4, -0.2) is 16.1 Å². The van der Waals surface area contributed by atoms with E-state index in [1.807, 2.05) is 56.3 Å². The Morgan fingerprint density at radius 2 is 1.90 bits per heavy atom. The van der Waals surface area contributed by atoms with Crippen molar-refractivity contribution in [2.45, 2.75) is 30.0 Å². The molecule has 0 saturated heterocycles. The lowest BCUT2D eigenvalue weighted by Gasteiger charge is -2.17. The van der Waals surface area contributed by atoms with Crippen LogP contribution in [0.4, 0.5) is 0 Å². The molecule has 110 valence electrons. The van der Waals surface area contributed by atoms with Gasteiger partial charge in [0, 0.05) is 16.1 Å². The molecule has 0 fully saturated rings. The van der Waals surface area contributed by atoms with Crippen molar-refractivity contribution in [3.63, 3.8) is 0 Å². The molecule has 2 aromatic rings. The van der Waals surface area contributed by atoms with E-state index in [-0.39, 0.29) is 17.2 Å². The summed E-state index contributed by atoms with van der Waals surface area (Å²) in [5.74, 6) is -0.00639. The molecule has 0 spiro atoms. The highest BCUT2D eigenvalue weighted by Crippen LogP contribution is 2.25. The number of hydrogen-bond donors (Lipinski definition) is 1. The molecule has 1 N–H and O–H groups in total. The second kappa shape index (κ2) is 7.48. The monoisotopic (exact) mass is 320 g/mol. The van der Waals surface area contributed by atoms with E-state index >= 15 is 0 Å². The van der Waals surface area contributed by atoms with Gasteiger partial charge in [0.2, 0.25) is 5.91 Å². The van der Waals surface area contributed by atoms with Crippen LogP contribution in [0.5, 0.6) is 0 Å². The Kier molecular flexibility index (Phi) is 5.65. The van der Waals surface area contributed by atoms with Gasteiger partial charge in [-0.2, -0.15) is 0 Å². The van der Waals surface area contributed by atoms with Gasteiger partial charge in [-0.15, -0.1) is 11.8 Å². The Morgan fingerprint density at radius 3 is 2.52 bits per heavy atom. The zero-order chi connectivity index (χ0) is 15.2. The zero-order valence-electron chi connectivity index (χ0n) is 11.9. The third kappa shape index (κ3) is 4.76. The number of pyridine rings is 1. The summed E-state index contributed by atoms with van der Waals surface area (Å²) in [5.41, 5.74) is 0.856. The number of rotatable bonds is 5. The Morgan fingerprint density at radius 1 is 1.19 bits per heavy atom. The highest BCUT2D eigenvalue weighted by atomic mass is 35.5. The molecule has 1 heterocycles. The molecule has 0 aliphatic rings. The summed E-state index contributed by atoms with van der Waals surface area (Å²) >= 11 is 7.36. The maximum absolute atomic E-state index is 12.2. The van der Waals surface area contributed by atoms with Crippen molar-refractivity contribution in [1.82, 2.24) is 10.3 Å². The number of benzene rings is 1. The normalized spacial score (nSPS) is 13.5. The number of carbonyl (C=O) groups is 1. The van der Waals surface area contributed by atoms with Crippen molar-refractivity contribution in [2.24, 2.45) is 0 Å². The molecule has 2 atom stereocenters. The summed E-state index contributed by atoms with van der Waals surface area (Å²) in [6.07, 6.45) is 1.73. The predicted molar refractivity (Wildman–Crippen MR) is 87.6 cm³/mol. The predicted octanol–water partition coefficient (Wildman–Crippen LogP) is 4.09. The van der Waals surface area contributed by atoms with Gasteiger partial charge in [-0.3, -0.25) is 9.78 Å². The number of carbonyl (C=O) groups excluding carboxylic acids is 1. The van der Waals surface area contributed by atoms with E-state index in [1.54, 1.807) is 6.20 Å². The first kappa shape index (κ1) is 15.9. The minimum atomic E-state index is -0.183. The van der Waals surface area contributed by atoms with Crippen molar-refractivity contribution in [2.75, 3.05) is 0 Å². The largest absolute Gasteiger partial charge is 0.347 e. The fraction of sp³-hybridized carbons (Fsp3) is 0.250. The number of aromatic nitrogens is 1. The van der Waals surface area contributed by atoms with Crippen LogP contribution < -0.4 is 5.32 Å². The average molecular weight is 321 g/mol. The van der Waals surface area contributed by atoms with Gasteiger partial charge in [0.05, 0.1) is 17.0 Å². The second-order valence-electron chi connectivity index (χ2n) is 4.70. The Balaban J connectivity index is 1.92. The standard InChI is InChI=1S/C16H17ClN2OS/c1-11(15-5-3-4-10-18-15)19-16(20)12(2)21-14-8-6-13(17)7-9-14/h3-12H,1-2H3,(H,19,20). The van der Waals surface area contributed by atoms with Gasteiger partial charge >= 0.3 is 0 Å². The summed E-state index contributed by atoms with van der Waals surface area (Å²) in [6.45, 7) is 3.82. The number of amides is 1. The molecular formula is C16H17ClN2OS. The van der Waals surface area contributed by atoms with E-state index < -0.39 is 0 Å². The molecule has 21 heavy (non-hydrogen) atoms. The van der Waals surface area contributed by atoms with Crippen LogP contribution in [0.3, 0.4) is 0 Å². The molecule has 1 amide bonds. The molecule has 5 heteroatoms. The minimum absolute atomic E-state index is 0.00639. The minimum Gasteiger partial charge on any atom is -0.347 e. The Labute approximate surface area is 134 Å². The van der Waals surface area contributed by atoms with Crippen molar-refractivity contribution in [3.05, 3.63) is 59.4 Å². The first-order valence-electron chi connectivity index (χ1n) is 6.70. The molecule has 1 aromatic heterocycles. The van der Waals surface area contributed by atoms with Crippen molar-refractivity contribution in [1.29, 1.82) is 0 Å². The summed E-state index contributed by atoms with van der Waals surface area (Å²) in [5, 5.41) is 3.49. The maximum Gasteiger partial charge on any atom is 0.233 e. The first-order valence-corrected chi connectivity index (χ1v) is 7.95. The number of hydrogen-bond acceptors (Lipinski definition) is 3. The van der Waals surface area contributed by atoms with Crippen LogP contribution in [0.25, 0.3) is 0 Å². The molecule has 0 aliphatic carbocycles. The third-order valence-electron chi connectivity index (χ3n) is 2.99. The lowest BCUT2D eigenvalue weighted by Crippen LogP contribution is -2.33. The molecular weight excluding hydrogens is 304 g/mol. The van der Waals surface area contributed by atoms with Gasteiger partial charge in [-0.1, -0.05) is 17.7 Å². The van der Waals surface area contributed by atoms with Crippen molar-refractivity contribution >= 4 is 29.3 Å². The molecule has 2 rings (SSSR count). The fourth-order valence-electron chi connectivity index (χ4n) is 1.81. The van der Waals surface area contributed by atoms with E-state index in [2.05, 4.69) is 10.3 Å². The molecule has 3 nitrogen and oxygen atoms in total. The van der Waals surface area contributed by atoms with E-state index in [4.69, 9.17) is 11.6 Å². The molecule has 2 unspecified atom stereocenters. The molecule has 0 aliphatic heterocycles. The quantitative estimate of drug-likeness (QED) is 0.844. The molecule has 0 saturated carbocycles. The van der Waals surface area contributed by atoms with Crippen LogP contribution in [0.1, 0.15) is 25.6 Å². The van der Waals surface area contributed by atoms with Crippen molar-refractivity contribution in [3.8, 4) is 0 Å². The van der Waals surface area contributed by atoms with E-state index in [0.29, 0.717) is 5.02 Å². The summed E-state index contributed by atoms with van der Waals surface area (Å²) in [4.78, 5) is 17.5. The lowest BCUT2D eigenvalue weighted by atomic mass is 10.2. The fourth-order valence-corrected chi connectivity index (χ4v) is 2.81. The number of nitrogens with zero attached hydrogens (tertiary/aromatic N) is 1. The van der Waals surface area contributed by atoms with Crippen LogP contribution in [-0.2, 0) is 4.79 Å². The van der Waals surface area contributed by atoms with Gasteiger partial charge in [-0.05, 0) is 50.2 Å². The van der Waals surface area contributed by atoms with Gasteiger partial charge in [-0.25, -0.2) is 0 Å².